The van der Waals surface area contributed by atoms with E-state index < -0.39 is 0 Å². The summed E-state index contributed by atoms with van der Waals surface area (Å²) in [5, 5.41) is 12.4. The molecule has 3 aromatic carbocycles. The highest BCUT2D eigenvalue weighted by Gasteiger charge is 2.20. The summed E-state index contributed by atoms with van der Waals surface area (Å²) < 4.78 is 0.993. The Hall–Kier alpha value is -4.14. The van der Waals surface area contributed by atoms with E-state index in [4.69, 9.17) is 4.98 Å². The second-order valence-electron chi connectivity index (χ2n) is 7.89. The van der Waals surface area contributed by atoms with Crippen molar-refractivity contribution >= 4 is 37.7 Å². The van der Waals surface area contributed by atoms with E-state index in [9.17, 15) is 5.26 Å². The standard InChI is InChI=1S/C28H17BrN4/c29-18-11-9-17(10-12-18)21-13-27(23-15-31-25-7-3-1-5-19(23)25)33-28(22(21)14-30)24-16-32-26-8-4-2-6-20(24)26/h1-13,15-16,31-32H. The third-order valence-electron chi connectivity index (χ3n) is 6.00. The molecule has 0 radical (unpaired) electrons. The first-order valence-corrected chi connectivity index (χ1v) is 11.4. The van der Waals surface area contributed by atoms with Gasteiger partial charge in [-0.25, -0.2) is 4.98 Å². The maximum Gasteiger partial charge on any atom is 0.102 e. The maximum absolute atomic E-state index is 10.3. The lowest BCUT2D eigenvalue weighted by Crippen LogP contribution is -1.96. The van der Waals surface area contributed by atoms with Crippen molar-refractivity contribution in [2.24, 2.45) is 0 Å². The number of benzene rings is 3. The Bertz CT molecular complexity index is 1680. The predicted molar refractivity (Wildman–Crippen MR) is 137 cm³/mol. The quantitative estimate of drug-likeness (QED) is 0.268. The number of hydrogen-bond donors (Lipinski definition) is 2. The molecule has 0 atom stereocenters. The number of para-hydroxylation sites is 2. The van der Waals surface area contributed by atoms with Crippen molar-refractivity contribution in [1.82, 2.24) is 15.0 Å². The second-order valence-corrected chi connectivity index (χ2v) is 8.81. The Morgan fingerprint density at radius 2 is 1.33 bits per heavy atom. The second kappa shape index (κ2) is 7.77. The lowest BCUT2D eigenvalue weighted by molar-refractivity contribution is 1.30. The van der Waals surface area contributed by atoms with Crippen LogP contribution < -0.4 is 0 Å². The van der Waals surface area contributed by atoms with Crippen LogP contribution in [-0.4, -0.2) is 15.0 Å². The molecule has 33 heavy (non-hydrogen) atoms. The van der Waals surface area contributed by atoms with E-state index >= 15 is 0 Å². The predicted octanol–water partition coefficient (Wildman–Crippen LogP) is 7.68. The fourth-order valence-electron chi connectivity index (χ4n) is 4.40. The fraction of sp³-hybridized carbons (Fsp3) is 0. The number of nitrogens with one attached hydrogen (secondary N) is 2. The van der Waals surface area contributed by atoms with Gasteiger partial charge in [0.1, 0.15) is 6.07 Å². The van der Waals surface area contributed by atoms with Crippen molar-refractivity contribution < 1.29 is 0 Å². The van der Waals surface area contributed by atoms with E-state index in [1.807, 2.05) is 73.1 Å². The van der Waals surface area contributed by atoms with E-state index in [1.54, 1.807) is 0 Å². The van der Waals surface area contributed by atoms with Crippen LogP contribution in [-0.2, 0) is 0 Å². The van der Waals surface area contributed by atoms with Crippen LogP contribution in [0.4, 0.5) is 0 Å². The summed E-state index contributed by atoms with van der Waals surface area (Å²) in [5.74, 6) is 0. The molecular weight excluding hydrogens is 472 g/mol. The molecule has 6 rings (SSSR count). The van der Waals surface area contributed by atoms with Crippen molar-refractivity contribution in [1.29, 1.82) is 5.26 Å². The molecule has 3 heterocycles. The zero-order valence-electron chi connectivity index (χ0n) is 17.4. The number of pyridine rings is 1. The molecule has 6 aromatic rings. The molecule has 3 aromatic heterocycles. The minimum Gasteiger partial charge on any atom is -0.360 e. The minimum absolute atomic E-state index is 0.561. The van der Waals surface area contributed by atoms with Gasteiger partial charge in [-0.3, -0.25) is 0 Å². The first-order chi connectivity index (χ1) is 16.2. The van der Waals surface area contributed by atoms with Gasteiger partial charge in [0.25, 0.3) is 0 Å². The number of nitrogens with zero attached hydrogens (tertiary/aromatic N) is 2. The summed E-state index contributed by atoms with van der Waals surface area (Å²) in [4.78, 5) is 11.7. The van der Waals surface area contributed by atoms with Crippen molar-refractivity contribution in [3.63, 3.8) is 0 Å². The van der Waals surface area contributed by atoms with Crippen LogP contribution in [0.2, 0.25) is 0 Å². The summed E-state index contributed by atoms with van der Waals surface area (Å²) >= 11 is 3.51. The van der Waals surface area contributed by atoms with Gasteiger partial charge in [0.05, 0.1) is 17.0 Å². The number of hydrogen-bond acceptors (Lipinski definition) is 2. The summed E-state index contributed by atoms with van der Waals surface area (Å²) in [6.07, 6.45) is 3.93. The Morgan fingerprint density at radius 1 is 0.727 bits per heavy atom. The Balaban J connectivity index is 1.69. The first-order valence-electron chi connectivity index (χ1n) is 10.6. The van der Waals surface area contributed by atoms with E-state index in [0.29, 0.717) is 11.3 Å². The summed E-state index contributed by atoms with van der Waals surface area (Å²) in [6, 6.07) is 28.8. The van der Waals surface area contributed by atoms with Crippen LogP contribution in [0, 0.1) is 11.3 Å². The molecule has 156 valence electrons. The van der Waals surface area contributed by atoms with Crippen LogP contribution >= 0.6 is 15.9 Å². The Kier molecular flexibility index (Phi) is 4.60. The van der Waals surface area contributed by atoms with Gasteiger partial charge < -0.3 is 9.97 Å². The van der Waals surface area contributed by atoms with E-state index in [1.165, 1.54) is 0 Å². The third kappa shape index (κ3) is 3.24. The van der Waals surface area contributed by atoms with Gasteiger partial charge in [-0.1, -0.05) is 64.5 Å². The molecule has 0 spiro atoms. The number of fused-ring (bicyclic) bond motifs is 2. The zero-order chi connectivity index (χ0) is 22.4. The SMILES string of the molecule is N#Cc1c(-c2ccc(Br)cc2)cc(-c2c[nH]c3ccccc23)nc1-c1c[nH]c2ccccc12. The zero-order valence-corrected chi connectivity index (χ0v) is 19.0. The van der Waals surface area contributed by atoms with E-state index in [0.717, 1.165) is 54.2 Å². The topological polar surface area (TPSA) is 68.3 Å². The van der Waals surface area contributed by atoms with Crippen LogP contribution in [0.5, 0.6) is 0 Å². The van der Waals surface area contributed by atoms with Crippen molar-refractivity contribution in [2.75, 3.05) is 0 Å². The molecule has 0 saturated heterocycles. The highest BCUT2D eigenvalue weighted by Crippen LogP contribution is 2.38. The van der Waals surface area contributed by atoms with Crippen molar-refractivity contribution in [3.8, 4) is 39.7 Å². The van der Waals surface area contributed by atoms with Gasteiger partial charge in [-0.15, -0.1) is 0 Å². The van der Waals surface area contributed by atoms with Crippen LogP contribution in [0.25, 0.3) is 55.4 Å². The Labute approximate surface area is 198 Å². The molecule has 0 aliphatic heterocycles. The molecule has 2 N–H and O–H groups in total. The lowest BCUT2D eigenvalue weighted by atomic mass is 9.94. The van der Waals surface area contributed by atoms with Crippen LogP contribution in [0.1, 0.15) is 5.56 Å². The molecule has 0 amide bonds. The van der Waals surface area contributed by atoms with E-state index in [-0.39, 0.29) is 0 Å². The number of halogens is 1. The monoisotopic (exact) mass is 488 g/mol. The molecule has 0 fully saturated rings. The third-order valence-corrected chi connectivity index (χ3v) is 6.52. The molecule has 0 aliphatic carbocycles. The number of aromatic amines is 2. The van der Waals surface area contributed by atoms with Crippen molar-refractivity contribution in [3.05, 3.63) is 101 Å². The summed E-state index contributed by atoms with van der Waals surface area (Å²) in [5.41, 5.74) is 7.89. The summed E-state index contributed by atoms with van der Waals surface area (Å²) in [7, 11) is 0. The van der Waals surface area contributed by atoms with Gasteiger partial charge in [-0.05, 0) is 35.9 Å². The average Bonchev–Trinajstić information content (AvgIpc) is 3.48. The molecular formula is C28H17BrN4. The van der Waals surface area contributed by atoms with Gasteiger partial charge >= 0.3 is 0 Å². The molecule has 0 aliphatic rings. The minimum atomic E-state index is 0.561. The molecule has 0 saturated carbocycles. The smallest absolute Gasteiger partial charge is 0.102 e. The van der Waals surface area contributed by atoms with Gasteiger partial charge in [0, 0.05) is 55.4 Å². The number of H-pyrrole nitrogens is 2. The number of nitriles is 1. The molecule has 5 heteroatoms. The van der Waals surface area contributed by atoms with Crippen molar-refractivity contribution in [2.45, 2.75) is 0 Å². The van der Waals surface area contributed by atoms with Gasteiger partial charge in [-0.2, -0.15) is 5.26 Å². The maximum atomic E-state index is 10.3. The van der Waals surface area contributed by atoms with Gasteiger partial charge in [0.2, 0.25) is 0 Å². The first kappa shape index (κ1) is 19.5. The summed E-state index contributed by atoms with van der Waals surface area (Å²) in [6.45, 7) is 0. The number of rotatable bonds is 3. The van der Waals surface area contributed by atoms with E-state index in [2.05, 4.69) is 50.2 Å². The number of aromatic nitrogens is 3. The van der Waals surface area contributed by atoms with Crippen LogP contribution in [0.3, 0.4) is 0 Å². The Morgan fingerprint density at radius 3 is 2.00 bits per heavy atom. The van der Waals surface area contributed by atoms with Gasteiger partial charge in [0.15, 0.2) is 0 Å². The molecule has 0 bridgehead atoms. The highest BCUT2D eigenvalue weighted by atomic mass is 79.9. The normalized spacial score (nSPS) is 11.2. The molecule has 4 nitrogen and oxygen atoms in total. The average molecular weight is 489 g/mol. The fourth-order valence-corrected chi connectivity index (χ4v) is 4.66. The molecule has 0 unspecified atom stereocenters. The lowest BCUT2D eigenvalue weighted by Gasteiger charge is -2.12. The van der Waals surface area contributed by atoms with Crippen LogP contribution in [0.15, 0.2) is 95.7 Å². The highest BCUT2D eigenvalue weighted by molar-refractivity contribution is 9.10. The largest absolute Gasteiger partial charge is 0.360 e.